The molecule has 2 aromatic heterocycles. The molecule has 1 saturated heterocycles. The van der Waals surface area contributed by atoms with Crippen LogP contribution in [0.25, 0.3) is 5.78 Å². The standard InChI is InChI=1S/C16H22N6O2.CH2O2/c1-20(8-12-6-15(24)22-16(19-12)17-9-18-22)13-3-10-5-14(23)21(2)7-11(10)4-13;2-1-3/h6,9-11,13H,3-5,7-8H2,1-2H3,(H,17,18,19);1H,(H,2,3)/t10-,11+,13-;/m0./s1. The molecule has 10 heteroatoms. The lowest BCUT2D eigenvalue weighted by molar-refractivity contribution is -0.135. The maximum Gasteiger partial charge on any atom is 0.290 e. The molecule has 4 rings (SSSR count). The Morgan fingerprint density at radius 3 is 2.81 bits per heavy atom. The molecule has 0 bridgehead atoms. The highest BCUT2D eigenvalue weighted by Gasteiger charge is 2.41. The monoisotopic (exact) mass is 376 g/mol. The Labute approximate surface area is 155 Å². The number of carboxylic acid groups (broad SMARTS) is 1. The predicted octanol–water partition coefficient (Wildman–Crippen LogP) is -0.193. The third kappa shape index (κ3) is 4.00. The van der Waals surface area contributed by atoms with E-state index in [-0.39, 0.29) is 17.9 Å². The van der Waals surface area contributed by atoms with Crippen molar-refractivity contribution in [3.63, 3.8) is 0 Å². The maximum absolute atomic E-state index is 12.0. The molecule has 0 spiro atoms. The van der Waals surface area contributed by atoms with Crippen molar-refractivity contribution in [2.75, 3.05) is 20.6 Å². The molecule has 0 radical (unpaired) electrons. The summed E-state index contributed by atoms with van der Waals surface area (Å²) in [7, 11) is 3.97. The van der Waals surface area contributed by atoms with Gasteiger partial charge in [0, 0.05) is 38.7 Å². The maximum atomic E-state index is 12.0. The highest BCUT2D eigenvalue weighted by molar-refractivity contribution is 5.77. The minimum atomic E-state index is -0.250. The van der Waals surface area contributed by atoms with Gasteiger partial charge in [0.25, 0.3) is 17.8 Å². The number of carbonyl (C=O) groups excluding carboxylic acids is 1. The van der Waals surface area contributed by atoms with Gasteiger partial charge in [0.1, 0.15) is 6.33 Å². The van der Waals surface area contributed by atoms with Gasteiger partial charge in [0.2, 0.25) is 5.91 Å². The summed E-state index contributed by atoms with van der Waals surface area (Å²) in [5.41, 5.74) is 0.589. The first kappa shape index (κ1) is 19.0. The number of hydrogen-bond donors (Lipinski definition) is 2. The SMILES string of the molecule is CN1C[C@H]2C[C@@H](N(C)Cc3cc(=O)n4[nH]cnc4n3)C[C@H]2CC1=O.O=CO. The molecule has 3 atom stereocenters. The normalized spacial score (nSPS) is 24.6. The van der Waals surface area contributed by atoms with E-state index in [1.54, 1.807) is 6.07 Å². The highest BCUT2D eigenvalue weighted by atomic mass is 16.3. The summed E-state index contributed by atoms with van der Waals surface area (Å²) in [5, 5.41) is 9.63. The number of nitrogens with zero attached hydrogens (tertiary/aromatic N) is 5. The number of piperidine rings is 1. The van der Waals surface area contributed by atoms with Gasteiger partial charge >= 0.3 is 0 Å². The van der Waals surface area contributed by atoms with Crippen LogP contribution in [0, 0.1) is 11.8 Å². The summed E-state index contributed by atoms with van der Waals surface area (Å²) >= 11 is 0. The zero-order valence-corrected chi connectivity index (χ0v) is 15.4. The number of nitrogens with one attached hydrogen (secondary N) is 1. The number of H-pyrrole nitrogens is 1. The second-order valence-corrected chi connectivity index (χ2v) is 7.25. The lowest BCUT2D eigenvalue weighted by Gasteiger charge is -2.31. The molecular formula is C17H24N6O4. The fourth-order valence-electron chi connectivity index (χ4n) is 4.18. The summed E-state index contributed by atoms with van der Waals surface area (Å²) in [6.45, 7) is 1.24. The molecule has 2 fully saturated rings. The number of hydrogen-bond acceptors (Lipinski definition) is 6. The first-order valence-corrected chi connectivity index (χ1v) is 8.87. The molecule has 2 aliphatic rings. The second-order valence-electron chi connectivity index (χ2n) is 7.25. The number of aromatic nitrogens is 4. The van der Waals surface area contributed by atoms with Crippen LogP contribution in [0.5, 0.6) is 0 Å². The molecule has 1 amide bonds. The van der Waals surface area contributed by atoms with Crippen LogP contribution < -0.4 is 5.56 Å². The van der Waals surface area contributed by atoms with Crippen LogP contribution in [-0.4, -0.2) is 73.5 Å². The van der Waals surface area contributed by atoms with Crippen LogP contribution in [0.15, 0.2) is 17.2 Å². The second kappa shape index (κ2) is 7.87. The van der Waals surface area contributed by atoms with Crippen molar-refractivity contribution in [2.24, 2.45) is 11.8 Å². The van der Waals surface area contributed by atoms with Crippen LogP contribution >= 0.6 is 0 Å². The van der Waals surface area contributed by atoms with Crippen molar-refractivity contribution in [1.82, 2.24) is 29.4 Å². The highest BCUT2D eigenvalue weighted by Crippen LogP contribution is 2.40. The number of rotatable bonds is 3. The summed E-state index contributed by atoms with van der Waals surface area (Å²) < 4.78 is 1.33. The van der Waals surface area contributed by atoms with E-state index in [2.05, 4.69) is 27.0 Å². The van der Waals surface area contributed by atoms with Gasteiger partial charge in [-0.25, -0.2) is 9.97 Å². The van der Waals surface area contributed by atoms with Crippen LogP contribution in [-0.2, 0) is 16.1 Å². The van der Waals surface area contributed by atoms with Gasteiger partial charge < -0.3 is 10.0 Å². The Kier molecular flexibility index (Phi) is 5.54. The van der Waals surface area contributed by atoms with Crippen molar-refractivity contribution in [3.8, 4) is 0 Å². The van der Waals surface area contributed by atoms with E-state index in [1.807, 2.05) is 11.9 Å². The minimum absolute atomic E-state index is 0.145. The van der Waals surface area contributed by atoms with Gasteiger partial charge in [-0.2, -0.15) is 4.52 Å². The third-order valence-electron chi connectivity index (χ3n) is 5.54. The van der Waals surface area contributed by atoms with E-state index in [1.165, 1.54) is 10.8 Å². The molecule has 2 N–H and O–H groups in total. The lowest BCUT2D eigenvalue weighted by Crippen LogP contribution is -2.39. The molecule has 1 saturated carbocycles. The zero-order valence-electron chi connectivity index (χ0n) is 15.4. The van der Waals surface area contributed by atoms with E-state index in [4.69, 9.17) is 9.90 Å². The summed E-state index contributed by atoms with van der Waals surface area (Å²) in [6.07, 6.45) is 4.28. The van der Waals surface area contributed by atoms with Crippen molar-refractivity contribution < 1.29 is 14.7 Å². The van der Waals surface area contributed by atoms with Crippen molar-refractivity contribution in [2.45, 2.75) is 31.8 Å². The molecular weight excluding hydrogens is 352 g/mol. The van der Waals surface area contributed by atoms with Crippen molar-refractivity contribution in [1.29, 1.82) is 0 Å². The van der Waals surface area contributed by atoms with Gasteiger partial charge in [-0.3, -0.25) is 24.4 Å². The zero-order chi connectivity index (χ0) is 19.6. The largest absolute Gasteiger partial charge is 0.483 e. The van der Waals surface area contributed by atoms with Crippen LogP contribution in [0.3, 0.4) is 0 Å². The number of amides is 1. The van der Waals surface area contributed by atoms with E-state index in [0.717, 1.165) is 25.1 Å². The van der Waals surface area contributed by atoms with Crippen molar-refractivity contribution >= 4 is 18.2 Å². The Balaban J connectivity index is 0.000000659. The number of likely N-dealkylation sites (tertiary alicyclic amines) is 1. The molecule has 0 unspecified atom stereocenters. The van der Waals surface area contributed by atoms with E-state index >= 15 is 0 Å². The molecule has 0 aromatic carbocycles. The molecule has 146 valence electrons. The van der Waals surface area contributed by atoms with E-state index in [0.29, 0.717) is 36.6 Å². The Hall–Kier alpha value is -2.75. The quantitative estimate of drug-likeness (QED) is 0.711. The molecule has 1 aliphatic carbocycles. The first-order valence-electron chi connectivity index (χ1n) is 8.87. The molecule has 10 nitrogen and oxygen atoms in total. The fourth-order valence-corrected chi connectivity index (χ4v) is 4.18. The number of carbonyl (C=O) groups is 2. The van der Waals surface area contributed by atoms with E-state index < -0.39 is 0 Å². The third-order valence-corrected chi connectivity index (χ3v) is 5.54. The average Bonchev–Trinajstić information content (AvgIpc) is 3.23. The van der Waals surface area contributed by atoms with Crippen LogP contribution in [0.4, 0.5) is 0 Å². The Bertz CT molecular complexity index is 878. The van der Waals surface area contributed by atoms with Crippen LogP contribution in [0.1, 0.15) is 25.0 Å². The smallest absolute Gasteiger partial charge is 0.290 e. The minimum Gasteiger partial charge on any atom is -0.483 e. The van der Waals surface area contributed by atoms with Crippen molar-refractivity contribution in [3.05, 3.63) is 28.4 Å². The van der Waals surface area contributed by atoms with E-state index in [9.17, 15) is 9.59 Å². The molecule has 2 aromatic rings. The van der Waals surface area contributed by atoms with Gasteiger partial charge in [-0.1, -0.05) is 0 Å². The number of aromatic amines is 1. The van der Waals surface area contributed by atoms with Crippen LogP contribution in [0.2, 0.25) is 0 Å². The molecule has 3 heterocycles. The van der Waals surface area contributed by atoms with Gasteiger partial charge in [-0.15, -0.1) is 0 Å². The predicted molar refractivity (Wildman–Crippen MR) is 96.0 cm³/mol. The summed E-state index contributed by atoms with van der Waals surface area (Å²) in [4.78, 5) is 44.9. The summed E-state index contributed by atoms with van der Waals surface area (Å²) in [6, 6.07) is 1.99. The average molecular weight is 376 g/mol. The Morgan fingerprint density at radius 1 is 1.37 bits per heavy atom. The van der Waals surface area contributed by atoms with Gasteiger partial charge in [-0.05, 0) is 31.7 Å². The molecule has 1 aliphatic heterocycles. The van der Waals surface area contributed by atoms with Gasteiger partial charge in [0.15, 0.2) is 0 Å². The summed E-state index contributed by atoms with van der Waals surface area (Å²) in [5.74, 6) is 1.75. The topological polar surface area (TPSA) is 124 Å². The molecule has 27 heavy (non-hydrogen) atoms. The fraction of sp³-hybridized carbons (Fsp3) is 0.588. The Morgan fingerprint density at radius 2 is 2.07 bits per heavy atom. The lowest BCUT2D eigenvalue weighted by atomic mass is 9.88. The first-order chi connectivity index (χ1) is 12.9. The van der Waals surface area contributed by atoms with Gasteiger partial charge in [0.05, 0.1) is 5.69 Å². The number of fused-ring (bicyclic) bond motifs is 2.